The van der Waals surface area contributed by atoms with Gasteiger partial charge >= 0.3 is 0 Å². The Labute approximate surface area is 109 Å². The van der Waals surface area contributed by atoms with Crippen LogP contribution >= 0.6 is 23.2 Å². The van der Waals surface area contributed by atoms with Crippen LogP contribution in [0.15, 0.2) is 42.5 Å². The summed E-state index contributed by atoms with van der Waals surface area (Å²) in [5, 5.41) is 3.37. The van der Waals surface area contributed by atoms with Gasteiger partial charge in [0.15, 0.2) is 0 Å². The van der Waals surface area contributed by atoms with E-state index in [0.717, 1.165) is 0 Å². The molecule has 1 radical (unpaired) electrons. The van der Waals surface area contributed by atoms with E-state index < -0.39 is 0 Å². The van der Waals surface area contributed by atoms with Crippen LogP contribution in [-0.2, 0) is 0 Å². The highest BCUT2D eigenvalue weighted by Crippen LogP contribution is 2.25. The maximum Gasteiger partial charge on any atom is 0.258 e. The Balaban J connectivity index is 2.27. The molecule has 0 spiro atoms. The normalized spacial score (nSPS) is 10.0. The van der Waals surface area contributed by atoms with Crippen molar-refractivity contribution >= 4 is 34.8 Å². The van der Waals surface area contributed by atoms with Gasteiger partial charge in [0.05, 0.1) is 15.6 Å². The number of carbonyl (C=O) groups excluding carboxylic acids is 1. The zero-order chi connectivity index (χ0) is 12.3. The molecule has 0 saturated carbocycles. The molecule has 0 atom stereocenters. The molecule has 0 fully saturated rings. The zero-order valence-electron chi connectivity index (χ0n) is 8.71. The number of anilines is 1. The van der Waals surface area contributed by atoms with E-state index in [1.165, 1.54) is 0 Å². The third-order valence-corrected chi connectivity index (χ3v) is 2.80. The van der Waals surface area contributed by atoms with E-state index in [4.69, 9.17) is 23.2 Å². The van der Waals surface area contributed by atoms with Crippen molar-refractivity contribution in [1.82, 2.24) is 0 Å². The van der Waals surface area contributed by atoms with Gasteiger partial charge in [-0.05, 0) is 30.3 Å². The third-order valence-electron chi connectivity index (χ3n) is 2.17. The highest BCUT2D eigenvalue weighted by molar-refractivity contribution is 6.40. The van der Waals surface area contributed by atoms with Gasteiger partial charge in [-0.1, -0.05) is 41.4 Å². The first-order chi connectivity index (χ1) is 8.18. The SMILES string of the molecule is O=C(Nc1cc[c]cc1)c1c(Cl)cccc1Cl. The molecular weight excluding hydrogens is 257 g/mol. The van der Waals surface area contributed by atoms with Gasteiger partial charge in [-0.2, -0.15) is 0 Å². The Morgan fingerprint density at radius 3 is 2.24 bits per heavy atom. The van der Waals surface area contributed by atoms with Crippen molar-refractivity contribution in [2.24, 2.45) is 0 Å². The van der Waals surface area contributed by atoms with Crippen LogP contribution in [0, 0.1) is 6.07 Å². The van der Waals surface area contributed by atoms with E-state index >= 15 is 0 Å². The van der Waals surface area contributed by atoms with Crippen molar-refractivity contribution in [3.05, 3.63) is 64.1 Å². The lowest BCUT2D eigenvalue weighted by atomic mass is 10.2. The molecule has 2 aromatic rings. The van der Waals surface area contributed by atoms with E-state index in [1.807, 2.05) is 0 Å². The summed E-state index contributed by atoms with van der Waals surface area (Å²) in [6.07, 6.45) is 0. The van der Waals surface area contributed by atoms with Crippen LogP contribution in [-0.4, -0.2) is 5.91 Å². The number of halogens is 2. The maximum absolute atomic E-state index is 12.0. The van der Waals surface area contributed by atoms with Crippen molar-refractivity contribution < 1.29 is 4.79 Å². The highest BCUT2D eigenvalue weighted by Gasteiger charge is 2.14. The molecule has 0 aliphatic heterocycles. The number of carbonyl (C=O) groups is 1. The molecule has 85 valence electrons. The molecule has 0 bridgehead atoms. The molecule has 17 heavy (non-hydrogen) atoms. The minimum absolute atomic E-state index is 0.281. The van der Waals surface area contributed by atoms with Gasteiger partial charge in [-0.15, -0.1) is 0 Å². The fourth-order valence-corrected chi connectivity index (χ4v) is 1.95. The molecule has 1 amide bonds. The monoisotopic (exact) mass is 264 g/mol. The van der Waals surface area contributed by atoms with E-state index in [1.54, 1.807) is 42.5 Å². The van der Waals surface area contributed by atoms with Gasteiger partial charge in [-0.25, -0.2) is 0 Å². The van der Waals surface area contributed by atoms with Crippen LogP contribution in [0.1, 0.15) is 10.4 Å². The number of benzene rings is 2. The lowest BCUT2D eigenvalue weighted by molar-refractivity contribution is 0.102. The van der Waals surface area contributed by atoms with Gasteiger partial charge in [0.2, 0.25) is 0 Å². The third kappa shape index (κ3) is 2.78. The second kappa shape index (κ2) is 5.21. The number of nitrogens with one attached hydrogen (secondary N) is 1. The molecule has 2 nitrogen and oxygen atoms in total. The van der Waals surface area contributed by atoms with Crippen LogP contribution in [0.5, 0.6) is 0 Å². The molecule has 0 aliphatic carbocycles. The number of hydrogen-bond donors (Lipinski definition) is 1. The molecule has 2 aromatic carbocycles. The van der Waals surface area contributed by atoms with E-state index in [9.17, 15) is 4.79 Å². The fraction of sp³-hybridized carbons (Fsp3) is 0. The largest absolute Gasteiger partial charge is 0.322 e. The molecule has 0 heterocycles. The summed E-state index contributed by atoms with van der Waals surface area (Å²) >= 11 is 11.9. The Morgan fingerprint density at radius 1 is 1.06 bits per heavy atom. The standard InChI is InChI=1S/C13H8Cl2NO/c14-10-7-4-8-11(15)12(10)13(17)16-9-5-2-1-3-6-9/h2-8H,(H,16,17). The van der Waals surface area contributed by atoms with E-state index in [2.05, 4.69) is 11.4 Å². The quantitative estimate of drug-likeness (QED) is 0.872. The first-order valence-electron chi connectivity index (χ1n) is 4.90. The number of amides is 1. The van der Waals surface area contributed by atoms with Crippen molar-refractivity contribution in [3.63, 3.8) is 0 Å². The zero-order valence-corrected chi connectivity index (χ0v) is 10.2. The second-order valence-corrected chi connectivity index (χ2v) is 4.15. The summed E-state index contributed by atoms with van der Waals surface area (Å²) < 4.78 is 0. The molecule has 2 rings (SSSR count). The molecule has 4 heteroatoms. The first kappa shape index (κ1) is 12.0. The van der Waals surface area contributed by atoms with Crippen LogP contribution in [0.2, 0.25) is 10.0 Å². The fourth-order valence-electron chi connectivity index (χ4n) is 1.38. The summed E-state index contributed by atoms with van der Waals surface area (Å²) in [6.45, 7) is 0. The van der Waals surface area contributed by atoms with Gasteiger partial charge in [0.1, 0.15) is 0 Å². The van der Waals surface area contributed by atoms with E-state index in [0.29, 0.717) is 15.7 Å². The Hall–Kier alpha value is -1.51. The summed E-state index contributed by atoms with van der Waals surface area (Å²) in [5.74, 6) is -0.327. The summed E-state index contributed by atoms with van der Waals surface area (Å²) in [6, 6.07) is 14.7. The first-order valence-corrected chi connectivity index (χ1v) is 5.65. The van der Waals surface area contributed by atoms with Crippen LogP contribution < -0.4 is 5.32 Å². The highest BCUT2D eigenvalue weighted by atomic mass is 35.5. The molecule has 0 aromatic heterocycles. The summed E-state index contributed by atoms with van der Waals surface area (Å²) in [7, 11) is 0. The van der Waals surface area contributed by atoms with Gasteiger partial charge < -0.3 is 5.32 Å². The molecule has 0 aliphatic rings. The van der Waals surface area contributed by atoms with Crippen LogP contribution in [0.3, 0.4) is 0 Å². The van der Waals surface area contributed by atoms with Crippen molar-refractivity contribution in [2.75, 3.05) is 5.32 Å². The van der Waals surface area contributed by atoms with Crippen molar-refractivity contribution in [2.45, 2.75) is 0 Å². The Morgan fingerprint density at radius 2 is 1.65 bits per heavy atom. The molecule has 1 N–H and O–H groups in total. The summed E-state index contributed by atoms with van der Waals surface area (Å²) in [4.78, 5) is 12.0. The average molecular weight is 265 g/mol. The van der Waals surface area contributed by atoms with Crippen molar-refractivity contribution in [1.29, 1.82) is 0 Å². The molecule has 0 saturated heterocycles. The summed E-state index contributed by atoms with van der Waals surface area (Å²) in [5.41, 5.74) is 0.952. The van der Waals surface area contributed by atoms with E-state index in [-0.39, 0.29) is 11.5 Å². The lowest BCUT2D eigenvalue weighted by Gasteiger charge is -2.07. The number of hydrogen-bond acceptors (Lipinski definition) is 1. The van der Waals surface area contributed by atoms with Crippen molar-refractivity contribution in [3.8, 4) is 0 Å². The van der Waals surface area contributed by atoms with Gasteiger partial charge in [-0.3, -0.25) is 4.79 Å². The van der Waals surface area contributed by atoms with Crippen LogP contribution in [0.4, 0.5) is 5.69 Å². The molecule has 0 unspecified atom stereocenters. The smallest absolute Gasteiger partial charge is 0.258 e. The predicted octanol–water partition coefficient (Wildman–Crippen LogP) is 4.05. The maximum atomic E-state index is 12.0. The predicted molar refractivity (Wildman–Crippen MR) is 69.7 cm³/mol. The van der Waals surface area contributed by atoms with Gasteiger partial charge in [0.25, 0.3) is 5.91 Å². The van der Waals surface area contributed by atoms with Crippen LogP contribution in [0.25, 0.3) is 0 Å². The average Bonchev–Trinajstić information content (AvgIpc) is 2.30. The Bertz CT molecular complexity index is 520. The topological polar surface area (TPSA) is 29.1 Å². The second-order valence-electron chi connectivity index (χ2n) is 3.34. The Kier molecular flexibility index (Phi) is 3.67. The molecular formula is C13H8Cl2NO. The lowest BCUT2D eigenvalue weighted by Crippen LogP contribution is -2.12. The number of rotatable bonds is 2. The minimum Gasteiger partial charge on any atom is -0.322 e. The minimum atomic E-state index is -0.327. The van der Waals surface area contributed by atoms with Gasteiger partial charge in [0, 0.05) is 5.69 Å².